The van der Waals surface area contributed by atoms with E-state index in [1.807, 2.05) is 6.92 Å². The van der Waals surface area contributed by atoms with Gasteiger partial charge >= 0.3 is 0 Å². The molecule has 1 heterocycles. The lowest BCUT2D eigenvalue weighted by atomic mass is 10.1. The third kappa shape index (κ3) is 3.81. The first-order valence-electron chi connectivity index (χ1n) is 6.16. The number of hydrogen-bond acceptors (Lipinski definition) is 4. The minimum atomic E-state index is -3.67. The molecule has 0 saturated carbocycles. The molecule has 0 unspecified atom stereocenters. The summed E-state index contributed by atoms with van der Waals surface area (Å²) in [5.41, 5.74) is 1.97. The highest BCUT2D eigenvalue weighted by atomic mass is 32.2. The molecule has 0 radical (unpaired) electrons. The lowest BCUT2D eigenvalue weighted by Gasteiger charge is -2.09. The zero-order valence-corrected chi connectivity index (χ0v) is 12.2. The highest BCUT2D eigenvalue weighted by Gasteiger charge is 2.14. The number of anilines is 1. The average molecular weight is 302 g/mol. The van der Waals surface area contributed by atoms with E-state index < -0.39 is 10.0 Å². The summed E-state index contributed by atoms with van der Waals surface area (Å²) in [6.07, 6.45) is 2.79. The maximum absolute atomic E-state index is 12.2. The molecule has 0 aliphatic carbocycles. The number of aromatic nitrogens is 1. The van der Waals surface area contributed by atoms with E-state index >= 15 is 0 Å². The topological polar surface area (TPSA) is 79.3 Å². The van der Waals surface area contributed by atoms with Gasteiger partial charge < -0.3 is 5.11 Å². The number of rotatable bonds is 3. The first kappa shape index (κ1) is 15.0. The second-order valence-electron chi connectivity index (χ2n) is 4.28. The Bertz CT molecular complexity index is 791. The Morgan fingerprint density at radius 2 is 2.14 bits per heavy atom. The molecular weight excluding hydrogens is 288 g/mol. The molecule has 1 aromatic heterocycles. The third-order valence-corrected chi connectivity index (χ3v) is 4.10. The number of pyridine rings is 1. The van der Waals surface area contributed by atoms with Crippen LogP contribution >= 0.6 is 0 Å². The van der Waals surface area contributed by atoms with E-state index in [1.54, 1.807) is 24.3 Å². The second kappa shape index (κ2) is 6.39. The summed E-state index contributed by atoms with van der Waals surface area (Å²) in [5, 5.41) is 8.73. The fraction of sp³-hybridized carbons (Fsp3) is 0.133. The summed E-state index contributed by atoms with van der Waals surface area (Å²) in [6.45, 7) is 1.62. The Morgan fingerprint density at radius 3 is 2.81 bits per heavy atom. The van der Waals surface area contributed by atoms with Gasteiger partial charge in [-0.15, -0.1) is 0 Å². The quantitative estimate of drug-likeness (QED) is 0.843. The van der Waals surface area contributed by atoms with Crippen LogP contribution in [0.15, 0.2) is 47.6 Å². The smallest absolute Gasteiger partial charge is 0.263 e. The summed E-state index contributed by atoms with van der Waals surface area (Å²) in [6, 6.07) is 8.08. The van der Waals surface area contributed by atoms with Crippen molar-refractivity contribution in [2.75, 3.05) is 11.3 Å². The monoisotopic (exact) mass is 302 g/mol. The second-order valence-corrected chi connectivity index (χ2v) is 5.97. The molecule has 0 aliphatic heterocycles. The van der Waals surface area contributed by atoms with Gasteiger partial charge in [0, 0.05) is 18.0 Å². The molecule has 0 atom stereocenters. The molecule has 0 aliphatic rings. The Morgan fingerprint density at radius 1 is 1.33 bits per heavy atom. The van der Waals surface area contributed by atoms with Crippen molar-refractivity contribution in [2.24, 2.45) is 0 Å². The van der Waals surface area contributed by atoms with Gasteiger partial charge in [0.25, 0.3) is 10.0 Å². The maximum Gasteiger partial charge on any atom is 0.263 e. The van der Waals surface area contributed by atoms with Gasteiger partial charge in [0.2, 0.25) is 0 Å². The molecule has 2 aromatic rings. The molecule has 108 valence electrons. The van der Waals surface area contributed by atoms with Gasteiger partial charge in [-0.3, -0.25) is 9.71 Å². The lowest BCUT2D eigenvalue weighted by molar-refractivity contribution is 0.350. The Kier molecular flexibility index (Phi) is 4.58. The van der Waals surface area contributed by atoms with Gasteiger partial charge in [0.1, 0.15) is 11.5 Å². The van der Waals surface area contributed by atoms with Gasteiger partial charge in [-0.25, -0.2) is 8.42 Å². The van der Waals surface area contributed by atoms with Crippen LogP contribution < -0.4 is 4.72 Å². The summed E-state index contributed by atoms with van der Waals surface area (Å²) >= 11 is 0. The predicted octanol–water partition coefficient (Wildman–Crippen LogP) is 1.53. The zero-order valence-electron chi connectivity index (χ0n) is 11.4. The van der Waals surface area contributed by atoms with Crippen molar-refractivity contribution >= 4 is 15.7 Å². The molecule has 0 fully saturated rings. The van der Waals surface area contributed by atoms with Gasteiger partial charge in [-0.05, 0) is 36.8 Å². The van der Waals surface area contributed by atoms with Gasteiger partial charge in [0.05, 0.1) is 5.69 Å². The Balaban J connectivity index is 2.32. The zero-order chi connectivity index (χ0) is 15.3. The molecular formula is C15H14N2O3S. The number of nitrogens with zero attached hydrogens (tertiary/aromatic N) is 1. The Hall–Kier alpha value is -2.36. The Labute approximate surface area is 123 Å². The normalized spacial score (nSPS) is 10.6. The van der Waals surface area contributed by atoms with Crippen molar-refractivity contribution in [3.63, 3.8) is 0 Å². The number of aliphatic hydroxyl groups is 1. The fourth-order valence-corrected chi connectivity index (χ4v) is 2.69. The minimum Gasteiger partial charge on any atom is -0.384 e. The van der Waals surface area contributed by atoms with E-state index in [4.69, 9.17) is 5.11 Å². The molecule has 0 amide bonds. The fourth-order valence-electron chi connectivity index (χ4n) is 1.68. The first-order valence-corrected chi connectivity index (χ1v) is 7.64. The van der Waals surface area contributed by atoms with Crippen molar-refractivity contribution < 1.29 is 13.5 Å². The summed E-state index contributed by atoms with van der Waals surface area (Å²) < 4.78 is 26.8. The van der Waals surface area contributed by atoms with E-state index in [0.717, 1.165) is 5.56 Å². The van der Waals surface area contributed by atoms with Crippen molar-refractivity contribution in [2.45, 2.75) is 11.8 Å². The van der Waals surface area contributed by atoms with Crippen molar-refractivity contribution in [3.05, 3.63) is 53.9 Å². The number of hydrogen-bond donors (Lipinski definition) is 2. The third-order valence-electron chi connectivity index (χ3n) is 2.74. The van der Waals surface area contributed by atoms with Crippen LogP contribution in [-0.2, 0) is 10.0 Å². The molecule has 0 bridgehead atoms. The van der Waals surface area contributed by atoms with Crippen LogP contribution in [0.5, 0.6) is 0 Å². The van der Waals surface area contributed by atoms with Crippen molar-refractivity contribution in [1.29, 1.82) is 0 Å². The summed E-state index contributed by atoms with van der Waals surface area (Å²) in [4.78, 5) is 3.89. The number of sulfonamides is 1. The molecule has 2 N–H and O–H groups in total. The van der Waals surface area contributed by atoms with E-state index in [2.05, 4.69) is 21.5 Å². The van der Waals surface area contributed by atoms with Crippen LogP contribution in [0.1, 0.15) is 11.1 Å². The van der Waals surface area contributed by atoms with Crippen LogP contribution in [-0.4, -0.2) is 25.1 Å². The molecule has 0 spiro atoms. The van der Waals surface area contributed by atoms with Crippen LogP contribution in [0.25, 0.3) is 0 Å². The van der Waals surface area contributed by atoms with Crippen LogP contribution in [0.3, 0.4) is 0 Å². The van der Waals surface area contributed by atoms with Crippen LogP contribution in [0.4, 0.5) is 5.69 Å². The van der Waals surface area contributed by atoms with Gasteiger partial charge in [-0.1, -0.05) is 17.9 Å². The van der Waals surface area contributed by atoms with E-state index in [-0.39, 0.29) is 11.5 Å². The van der Waals surface area contributed by atoms with E-state index in [1.165, 1.54) is 18.5 Å². The standard InChI is InChI=1S/C15H14N2O3S/c1-12-6-7-14(10-13(12)4-3-9-18)17-21(19,20)15-5-2-8-16-11-15/h2,5-8,10-11,17-18H,9H2,1H3. The molecule has 1 aromatic carbocycles. The molecule has 0 saturated heterocycles. The maximum atomic E-state index is 12.2. The van der Waals surface area contributed by atoms with Gasteiger partial charge in [-0.2, -0.15) is 0 Å². The van der Waals surface area contributed by atoms with Crippen molar-refractivity contribution in [3.8, 4) is 11.8 Å². The lowest BCUT2D eigenvalue weighted by Crippen LogP contribution is -2.13. The SMILES string of the molecule is Cc1ccc(NS(=O)(=O)c2cccnc2)cc1C#CCO. The highest BCUT2D eigenvalue weighted by molar-refractivity contribution is 7.92. The van der Waals surface area contributed by atoms with E-state index in [0.29, 0.717) is 11.3 Å². The number of aryl methyl sites for hydroxylation is 1. The molecule has 2 rings (SSSR count). The van der Waals surface area contributed by atoms with Crippen LogP contribution in [0, 0.1) is 18.8 Å². The minimum absolute atomic E-state index is 0.0913. The van der Waals surface area contributed by atoms with E-state index in [9.17, 15) is 8.42 Å². The largest absolute Gasteiger partial charge is 0.384 e. The molecule has 21 heavy (non-hydrogen) atoms. The van der Waals surface area contributed by atoms with Gasteiger partial charge in [0.15, 0.2) is 0 Å². The molecule has 5 nitrogen and oxygen atoms in total. The molecule has 6 heteroatoms. The number of aliphatic hydroxyl groups excluding tert-OH is 1. The summed E-state index contributed by atoms with van der Waals surface area (Å²) in [5.74, 6) is 5.33. The summed E-state index contributed by atoms with van der Waals surface area (Å²) in [7, 11) is -3.67. The predicted molar refractivity (Wildman–Crippen MR) is 80.2 cm³/mol. The average Bonchev–Trinajstić information content (AvgIpc) is 2.48. The number of nitrogens with one attached hydrogen (secondary N) is 1. The highest BCUT2D eigenvalue weighted by Crippen LogP contribution is 2.18. The van der Waals surface area contributed by atoms with Crippen molar-refractivity contribution in [1.82, 2.24) is 4.98 Å². The number of benzene rings is 1. The first-order chi connectivity index (χ1) is 10.0. The van der Waals surface area contributed by atoms with Crippen LogP contribution in [0.2, 0.25) is 0 Å².